The molecule has 0 aliphatic carbocycles. The average molecular weight is 199 g/mol. The molecule has 2 aromatic rings. The van der Waals surface area contributed by atoms with Gasteiger partial charge in [-0.15, -0.1) is 0 Å². The number of nitrogens with zero attached hydrogens (tertiary/aromatic N) is 1. The van der Waals surface area contributed by atoms with Gasteiger partial charge >= 0.3 is 0 Å². The summed E-state index contributed by atoms with van der Waals surface area (Å²) in [7, 11) is 0. The number of benzene rings is 1. The molecule has 1 aliphatic rings. The van der Waals surface area contributed by atoms with Gasteiger partial charge in [-0.25, -0.2) is 0 Å². The number of anilines is 1. The highest BCUT2D eigenvalue weighted by atomic mass is 15.1. The van der Waals surface area contributed by atoms with Crippen LogP contribution in [0.25, 0.3) is 11.3 Å². The SMILES string of the molecule is Cc1ccc2c(c1)-c1[nH]ncc1CCN2. The van der Waals surface area contributed by atoms with Gasteiger partial charge in [0.2, 0.25) is 0 Å². The van der Waals surface area contributed by atoms with E-state index in [1.165, 1.54) is 28.1 Å². The maximum Gasteiger partial charge on any atom is 0.0703 e. The van der Waals surface area contributed by atoms with Gasteiger partial charge < -0.3 is 5.32 Å². The second-order valence-electron chi connectivity index (χ2n) is 4.00. The number of aryl methyl sites for hydroxylation is 1. The smallest absolute Gasteiger partial charge is 0.0703 e. The van der Waals surface area contributed by atoms with Crippen LogP contribution in [0, 0.1) is 6.92 Å². The second-order valence-corrected chi connectivity index (χ2v) is 4.00. The molecule has 2 N–H and O–H groups in total. The molecular formula is C12H13N3. The second kappa shape index (κ2) is 3.12. The highest BCUT2D eigenvalue weighted by Crippen LogP contribution is 2.32. The van der Waals surface area contributed by atoms with Crippen molar-refractivity contribution in [3.05, 3.63) is 35.5 Å². The Bertz CT molecular complexity index is 499. The number of hydrogen-bond donors (Lipinski definition) is 2. The van der Waals surface area contributed by atoms with Crippen molar-refractivity contribution in [2.75, 3.05) is 11.9 Å². The van der Waals surface area contributed by atoms with Crippen LogP contribution >= 0.6 is 0 Å². The summed E-state index contributed by atoms with van der Waals surface area (Å²) >= 11 is 0. The Morgan fingerprint density at radius 2 is 2.27 bits per heavy atom. The van der Waals surface area contributed by atoms with Crippen molar-refractivity contribution < 1.29 is 0 Å². The molecule has 0 radical (unpaired) electrons. The van der Waals surface area contributed by atoms with E-state index in [4.69, 9.17) is 0 Å². The zero-order valence-electron chi connectivity index (χ0n) is 8.67. The van der Waals surface area contributed by atoms with Crippen molar-refractivity contribution in [3.63, 3.8) is 0 Å². The molecule has 3 heteroatoms. The third kappa shape index (κ3) is 1.31. The number of rotatable bonds is 0. The van der Waals surface area contributed by atoms with E-state index in [0.29, 0.717) is 0 Å². The van der Waals surface area contributed by atoms with Gasteiger partial charge in [-0.3, -0.25) is 5.10 Å². The minimum absolute atomic E-state index is 0.975. The fourth-order valence-electron chi connectivity index (χ4n) is 2.08. The van der Waals surface area contributed by atoms with Gasteiger partial charge in [0.25, 0.3) is 0 Å². The maximum atomic E-state index is 4.12. The molecule has 0 atom stereocenters. The third-order valence-electron chi connectivity index (χ3n) is 2.87. The minimum atomic E-state index is 0.975. The Hall–Kier alpha value is -1.77. The van der Waals surface area contributed by atoms with E-state index in [1.54, 1.807) is 0 Å². The first kappa shape index (κ1) is 8.53. The predicted molar refractivity (Wildman–Crippen MR) is 61.0 cm³/mol. The van der Waals surface area contributed by atoms with Gasteiger partial charge in [0.15, 0.2) is 0 Å². The topological polar surface area (TPSA) is 40.7 Å². The van der Waals surface area contributed by atoms with E-state index in [2.05, 4.69) is 40.6 Å². The molecular weight excluding hydrogens is 186 g/mol. The molecule has 1 aromatic carbocycles. The first-order valence-electron chi connectivity index (χ1n) is 5.22. The third-order valence-corrected chi connectivity index (χ3v) is 2.87. The van der Waals surface area contributed by atoms with Crippen LogP contribution in [0.1, 0.15) is 11.1 Å². The van der Waals surface area contributed by atoms with E-state index in [0.717, 1.165) is 13.0 Å². The van der Waals surface area contributed by atoms with E-state index in [-0.39, 0.29) is 0 Å². The molecule has 3 rings (SSSR count). The van der Waals surface area contributed by atoms with Gasteiger partial charge in [0.1, 0.15) is 0 Å². The molecule has 0 spiro atoms. The highest BCUT2D eigenvalue weighted by Gasteiger charge is 2.15. The van der Waals surface area contributed by atoms with Crippen LogP contribution in [-0.4, -0.2) is 16.7 Å². The van der Waals surface area contributed by atoms with E-state index >= 15 is 0 Å². The zero-order valence-corrected chi connectivity index (χ0v) is 8.67. The summed E-state index contributed by atoms with van der Waals surface area (Å²) in [5.41, 5.74) is 6.17. The molecule has 0 saturated carbocycles. The highest BCUT2D eigenvalue weighted by molar-refractivity contribution is 5.79. The number of fused-ring (bicyclic) bond motifs is 3. The van der Waals surface area contributed by atoms with Crippen LogP contribution in [0.3, 0.4) is 0 Å². The van der Waals surface area contributed by atoms with Crippen molar-refractivity contribution in [3.8, 4) is 11.3 Å². The molecule has 3 nitrogen and oxygen atoms in total. The largest absolute Gasteiger partial charge is 0.384 e. The number of nitrogens with one attached hydrogen (secondary N) is 2. The van der Waals surface area contributed by atoms with Crippen LogP contribution in [0.4, 0.5) is 5.69 Å². The molecule has 0 saturated heterocycles. The van der Waals surface area contributed by atoms with Crippen molar-refractivity contribution in [2.45, 2.75) is 13.3 Å². The Morgan fingerprint density at radius 1 is 1.33 bits per heavy atom. The fraction of sp³-hybridized carbons (Fsp3) is 0.250. The molecule has 76 valence electrons. The molecule has 0 amide bonds. The lowest BCUT2D eigenvalue weighted by atomic mass is 10.0. The molecule has 2 heterocycles. The number of hydrogen-bond acceptors (Lipinski definition) is 2. The summed E-state index contributed by atoms with van der Waals surface area (Å²) in [6.07, 6.45) is 2.95. The molecule has 15 heavy (non-hydrogen) atoms. The quantitative estimate of drug-likeness (QED) is 0.683. The molecule has 1 aromatic heterocycles. The summed E-state index contributed by atoms with van der Waals surface area (Å²) < 4.78 is 0. The lowest BCUT2D eigenvalue weighted by Crippen LogP contribution is -2.01. The van der Waals surface area contributed by atoms with Crippen molar-refractivity contribution in [1.29, 1.82) is 0 Å². The van der Waals surface area contributed by atoms with Gasteiger partial charge in [0.05, 0.1) is 11.9 Å². The lowest BCUT2D eigenvalue weighted by Gasteiger charge is -2.07. The Morgan fingerprint density at radius 3 is 3.20 bits per heavy atom. The van der Waals surface area contributed by atoms with Crippen LogP contribution in [0.2, 0.25) is 0 Å². The van der Waals surface area contributed by atoms with Crippen molar-refractivity contribution >= 4 is 5.69 Å². The summed E-state index contributed by atoms with van der Waals surface area (Å²) in [6.45, 7) is 3.09. The van der Waals surface area contributed by atoms with E-state index < -0.39 is 0 Å². The zero-order chi connectivity index (χ0) is 10.3. The molecule has 0 unspecified atom stereocenters. The first-order valence-corrected chi connectivity index (χ1v) is 5.22. The number of aromatic nitrogens is 2. The Labute approximate surface area is 88.5 Å². The van der Waals surface area contributed by atoms with E-state index in [9.17, 15) is 0 Å². The average Bonchev–Trinajstić information content (AvgIpc) is 2.62. The van der Waals surface area contributed by atoms with Gasteiger partial charge in [0, 0.05) is 17.8 Å². The predicted octanol–water partition coefficient (Wildman–Crippen LogP) is 2.35. The molecule has 0 fully saturated rings. The van der Waals surface area contributed by atoms with Crippen LogP contribution in [0.15, 0.2) is 24.4 Å². The van der Waals surface area contributed by atoms with Crippen molar-refractivity contribution in [1.82, 2.24) is 10.2 Å². The van der Waals surface area contributed by atoms with Crippen LogP contribution in [0.5, 0.6) is 0 Å². The number of aromatic amines is 1. The normalized spacial score (nSPS) is 13.7. The fourth-order valence-corrected chi connectivity index (χ4v) is 2.08. The number of H-pyrrole nitrogens is 1. The minimum Gasteiger partial charge on any atom is -0.384 e. The summed E-state index contributed by atoms with van der Waals surface area (Å²) in [4.78, 5) is 0. The van der Waals surface area contributed by atoms with Gasteiger partial charge in [-0.2, -0.15) is 5.10 Å². The van der Waals surface area contributed by atoms with Crippen molar-refractivity contribution in [2.24, 2.45) is 0 Å². The molecule has 0 bridgehead atoms. The summed E-state index contributed by atoms with van der Waals surface area (Å²) in [5.74, 6) is 0. The monoisotopic (exact) mass is 199 g/mol. The summed E-state index contributed by atoms with van der Waals surface area (Å²) in [6, 6.07) is 6.47. The van der Waals surface area contributed by atoms with Gasteiger partial charge in [-0.1, -0.05) is 11.6 Å². The summed E-state index contributed by atoms with van der Waals surface area (Å²) in [5, 5.41) is 10.6. The maximum absolute atomic E-state index is 4.12. The Kier molecular flexibility index (Phi) is 1.78. The van der Waals surface area contributed by atoms with Gasteiger partial charge in [-0.05, 0) is 31.0 Å². The van der Waals surface area contributed by atoms with E-state index in [1.807, 2.05) is 6.20 Å². The molecule has 1 aliphatic heterocycles. The lowest BCUT2D eigenvalue weighted by molar-refractivity contribution is 1.03. The van der Waals surface area contributed by atoms with Crippen LogP contribution < -0.4 is 5.32 Å². The first-order chi connectivity index (χ1) is 7.34. The van der Waals surface area contributed by atoms with Crippen LogP contribution in [-0.2, 0) is 6.42 Å². The standard InChI is InChI=1S/C12H13N3/c1-8-2-3-11-10(6-8)12-9(4-5-13-11)7-14-15-12/h2-3,6-7,13H,4-5H2,1H3,(H,14,15). The Balaban J connectivity index is 2.27.